The fraction of sp³-hybridized carbons (Fsp3) is 0.0667. The normalized spacial score (nSPS) is 10.1. The maximum atomic E-state index is 12.0. The van der Waals surface area contributed by atoms with E-state index in [2.05, 4.69) is 10.6 Å². The van der Waals surface area contributed by atoms with Crippen LogP contribution in [0.4, 0.5) is 16.2 Å². The first-order chi connectivity index (χ1) is 10.4. The molecule has 2 aromatic carbocycles. The van der Waals surface area contributed by atoms with Crippen LogP contribution in [0, 0.1) is 0 Å². The third-order valence-corrected chi connectivity index (χ3v) is 3.37. The number of amides is 3. The number of nitrogens with one attached hydrogen (secondary N) is 2. The number of primary amides is 1. The summed E-state index contributed by atoms with van der Waals surface area (Å²) in [6, 6.07) is 11.0. The molecule has 114 valence electrons. The summed E-state index contributed by atoms with van der Waals surface area (Å²) in [4.78, 5) is 22.8. The molecule has 0 radical (unpaired) electrons. The molecular weight excluding hydrogens is 325 g/mol. The zero-order chi connectivity index (χ0) is 16.1. The number of rotatable bonds is 4. The molecule has 0 atom stereocenters. The van der Waals surface area contributed by atoms with Crippen LogP contribution in [0.2, 0.25) is 10.0 Å². The van der Waals surface area contributed by atoms with E-state index in [4.69, 9.17) is 28.9 Å². The summed E-state index contributed by atoms with van der Waals surface area (Å²) < 4.78 is 0. The zero-order valence-corrected chi connectivity index (χ0v) is 12.9. The number of nitrogens with two attached hydrogens (primary N) is 1. The topological polar surface area (TPSA) is 84.2 Å². The lowest BCUT2D eigenvalue weighted by atomic mass is 10.1. The van der Waals surface area contributed by atoms with Gasteiger partial charge in [0.1, 0.15) is 0 Å². The molecule has 2 rings (SSSR count). The molecule has 0 unspecified atom stereocenters. The average Bonchev–Trinajstić information content (AvgIpc) is 2.41. The lowest BCUT2D eigenvalue weighted by Crippen LogP contribution is -2.19. The van der Waals surface area contributed by atoms with Gasteiger partial charge in [-0.15, -0.1) is 0 Å². The summed E-state index contributed by atoms with van der Waals surface area (Å²) in [6.07, 6.45) is 0.115. The van der Waals surface area contributed by atoms with Gasteiger partial charge in [-0.05, 0) is 35.9 Å². The van der Waals surface area contributed by atoms with Crippen LogP contribution in [-0.4, -0.2) is 11.9 Å². The van der Waals surface area contributed by atoms with Crippen LogP contribution in [0.5, 0.6) is 0 Å². The van der Waals surface area contributed by atoms with Gasteiger partial charge in [0.2, 0.25) is 5.91 Å². The Hall–Kier alpha value is -2.24. The van der Waals surface area contributed by atoms with Crippen LogP contribution in [0.15, 0.2) is 42.5 Å². The van der Waals surface area contributed by atoms with E-state index < -0.39 is 6.03 Å². The maximum Gasteiger partial charge on any atom is 0.316 e. The number of carbonyl (C=O) groups excluding carboxylic acids is 2. The van der Waals surface area contributed by atoms with Crippen LogP contribution in [0.3, 0.4) is 0 Å². The minimum absolute atomic E-state index is 0.115. The first kappa shape index (κ1) is 16.1. The van der Waals surface area contributed by atoms with Gasteiger partial charge in [0.05, 0.1) is 6.42 Å². The Morgan fingerprint density at radius 1 is 1.00 bits per heavy atom. The summed E-state index contributed by atoms with van der Waals surface area (Å²) in [5, 5.41) is 6.11. The van der Waals surface area contributed by atoms with E-state index in [1.54, 1.807) is 42.5 Å². The highest BCUT2D eigenvalue weighted by Crippen LogP contribution is 2.22. The molecule has 0 spiro atoms. The highest BCUT2D eigenvalue weighted by molar-refractivity contribution is 6.35. The maximum absolute atomic E-state index is 12.0. The van der Waals surface area contributed by atoms with E-state index in [-0.39, 0.29) is 12.3 Å². The summed E-state index contributed by atoms with van der Waals surface area (Å²) in [6.45, 7) is 0. The number of carbonyl (C=O) groups is 2. The monoisotopic (exact) mass is 337 g/mol. The highest BCUT2D eigenvalue weighted by Gasteiger charge is 2.08. The summed E-state index contributed by atoms with van der Waals surface area (Å²) in [7, 11) is 0. The van der Waals surface area contributed by atoms with E-state index in [1.165, 1.54) is 0 Å². The van der Waals surface area contributed by atoms with Crippen molar-refractivity contribution in [1.82, 2.24) is 0 Å². The second-order valence-electron chi connectivity index (χ2n) is 4.53. The Balaban J connectivity index is 2.04. The number of halogens is 2. The molecule has 0 aliphatic rings. The number of hydrogen-bond acceptors (Lipinski definition) is 2. The molecule has 0 fully saturated rings. The number of urea groups is 1. The zero-order valence-electron chi connectivity index (χ0n) is 11.4. The molecule has 5 nitrogen and oxygen atoms in total. The number of anilines is 2. The van der Waals surface area contributed by atoms with Crippen molar-refractivity contribution >= 4 is 46.5 Å². The second kappa shape index (κ2) is 7.15. The van der Waals surface area contributed by atoms with Gasteiger partial charge < -0.3 is 16.4 Å². The van der Waals surface area contributed by atoms with Crippen LogP contribution in [0.1, 0.15) is 5.56 Å². The number of benzene rings is 2. The van der Waals surface area contributed by atoms with Gasteiger partial charge in [-0.3, -0.25) is 4.79 Å². The highest BCUT2D eigenvalue weighted by atomic mass is 35.5. The van der Waals surface area contributed by atoms with Crippen LogP contribution >= 0.6 is 23.2 Å². The molecule has 7 heteroatoms. The van der Waals surface area contributed by atoms with E-state index in [0.717, 1.165) is 0 Å². The van der Waals surface area contributed by atoms with Crippen molar-refractivity contribution in [1.29, 1.82) is 0 Å². The van der Waals surface area contributed by atoms with Gasteiger partial charge in [-0.1, -0.05) is 35.3 Å². The Morgan fingerprint density at radius 2 is 1.68 bits per heavy atom. The van der Waals surface area contributed by atoms with Gasteiger partial charge in [0.25, 0.3) is 0 Å². The molecule has 0 aliphatic heterocycles. The smallest absolute Gasteiger partial charge is 0.316 e. The third-order valence-electron chi connectivity index (χ3n) is 2.78. The summed E-state index contributed by atoms with van der Waals surface area (Å²) in [5.41, 5.74) is 6.76. The Labute approximate surface area is 137 Å². The minimum Gasteiger partial charge on any atom is -0.351 e. The molecule has 0 bridgehead atoms. The molecule has 4 N–H and O–H groups in total. The molecule has 0 saturated carbocycles. The van der Waals surface area contributed by atoms with E-state index in [9.17, 15) is 9.59 Å². The molecule has 0 heterocycles. The molecule has 0 aliphatic carbocycles. The van der Waals surface area contributed by atoms with E-state index >= 15 is 0 Å². The molecule has 0 aromatic heterocycles. The van der Waals surface area contributed by atoms with Crippen molar-refractivity contribution in [3.8, 4) is 0 Å². The fourth-order valence-electron chi connectivity index (χ4n) is 1.86. The average molecular weight is 338 g/mol. The lowest BCUT2D eigenvalue weighted by molar-refractivity contribution is -0.115. The Kier molecular flexibility index (Phi) is 5.25. The largest absolute Gasteiger partial charge is 0.351 e. The van der Waals surface area contributed by atoms with Crippen molar-refractivity contribution in [2.24, 2.45) is 5.73 Å². The predicted molar refractivity (Wildman–Crippen MR) is 88.4 cm³/mol. The van der Waals surface area contributed by atoms with Crippen LogP contribution in [0.25, 0.3) is 0 Å². The molecular formula is C15H13Cl2N3O2. The minimum atomic E-state index is -0.670. The fourth-order valence-corrected chi connectivity index (χ4v) is 2.34. The summed E-state index contributed by atoms with van der Waals surface area (Å²) >= 11 is 11.8. The van der Waals surface area contributed by atoms with Crippen LogP contribution in [-0.2, 0) is 11.2 Å². The number of hydrogen-bond donors (Lipinski definition) is 3. The standard InChI is InChI=1S/C15H13Cl2N3O2/c16-10-5-4-9(13(17)7-10)6-14(21)19-11-2-1-3-12(8-11)20-15(18)22/h1-5,7-8H,6H2,(H,19,21)(H3,18,20,22). The quantitative estimate of drug-likeness (QED) is 0.795. The van der Waals surface area contributed by atoms with Crippen molar-refractivity contribution in [2.75, 3.05) is 10.6 Å². The van der Waals surface area contributed by atoms with Crippen molar-refractivity contribution in [3.05, 3.63) is 58.1 Å². The molecule has 0 saturated heterocycles. The van der Waals surface area contributed by atoms with Crippen molar-refractivity contribution < 1.29 is 9.59 Å². The molecule has 22 heavy (non-hydrogen) atoms. The summed E-state index contributed by atoms with van der Waals surface area (Å²) in [5.74, 6) is -0.236. The second-order valence-corrected chi connectivity index (χ2v) is 5.37. The molecule has 3 amide bonds. The lowest BCUT2D eigenvalue weighted by Gasteiger charge is -2.09. The van der Waals surface area contributed by atoms with Gasteiger partial charge >= 0.3 is 6.03 Å². The predicted octanol–water partition coefficient (Wildman–Crippen LogP) is 3.67. The first-order valence-electron chi connectivity index (χ1n) is 6.34. The van der Waals surface area contributed by atoms with Crippen LogP contribution < -0.4 is 16.4 Å². The third kappa shape index (κ3) is 4.65. The van der Waals surface area contributed by atoms with Crippen molar-refractivity contribution in [2.45, 2.75) is 6.42 Å². The Bertz CT molecular complexity index is 720. The Morgan fingerprint density at radius 3 is 2.32 bits per heavy atom. The van der Waals surface area contributed by atoms with E-state index in [1.807, 2.05) is 0 Å². The van der Waals surface area contributed by atoms with Gasteiger partial charge in [0, 0.05) is 21.4 Å². The van der Waals surface area contributed by atoms with E-state index in [0.29, 0.717) is 27.0 Å². The SMILES string of the molecule is NC(=O)Nc1cccc(NC(=O)Cc2ccc(Cl)cc2Cl)c1. The van der Waals surface area contributed by atoms with Gasteiger partial charge in [-0.2, -0.15) is 0 Å². The molecule has 2 aromatic rings. The van der Waals surface area contributed by atoms with Gasteiger partial charge in [0.15, 0.2) is 0 Å². The van der Waals surface area contributed by atoms with Gasteiger partial charge in [-0.25, -0.2) is 4.79 Å². The first-order valence-corrected chi connectivity index (χ1v) is 7.10. The van der Waals surface area contributed by atoms with Crippen molar-refractivity contribution in [3.63, 3.8) is 0 Å².